The number of aromatic carboxylic acids is 1. The van der Waals surface area contributed by atoms with Gasteiger partial charge in [-0.2, -0.15) is 0 Å². The van der Waals surface area contributed by atoms with E-state index in [2.05, 4.69) is 5.32 Å². The van der Waals surface area contributed by atoms with E-state index in [0.717, 1.165) is 13.1 Å². The zero-order valence-electron chi connectivity index (χ0n) is 8.23. The molecule has 1 aliphatic heterocycles. The number of morpholine rings is 1. The summed E-state index contributed by atoms with van der Waals surface area (Å²) in [6.45, 7) is 2.34. The average molecular weight is 211 g/mol. The van der Waals surface area contributed by atoms with Crippen LogP contribution in [0.3, 0.4) is 0 Å². The molecular formula is C10H13NO4. The van der Waals surface area contributed by atoms with Gasteiger partial charge in [-0.25, -0.2) is 4.79 Å². The lowest BCUT2D eigenvalue weighted by atomic mass is 10.2. The van der Waals surface area contributed by atoms with Crippen LogP contribution in [-0.2, 0) is 11.2 Å². The zero-order valence-corrected chi connectivity index (χ0v) is 8.23. The molecule has 5 heteroatoms. The smallest absolute Gasteiger partial charge is 0.371 e. The van der Waals surface area contributed by atoms with Crippen molar-refractivity contribution in [2.45, 2.75) is 12.5 Å². The maximum Gasteiger partial charge on any atom is 0.371 e. The van der Waals surface area contributed by atoms with Crippen molar-refractivity contribution in [1.29, 1.82) is 0 Å². The number of rotatable bonds is 3. The Morgan fingerprint density at radius 3 is 3.07 bits per heavy atom. The van der Waals surface area contributed by atoms with E-state index in [1.807, 2.05) is 0 Å². The molecular weight excluding hydrogens is 198 g/mol. The van der Waals surface area contributed by atoms with E-state index in [0.29, 0.717) is 18.8 Å². The highest BCUT2D eigenvalue weighted by Gasteiger charge is 2.17. The standard InChI is InChI=1S/C10H13NO4/c12-10(13)9-2-1-7(15-9)5-8-6-11-3-4-14-8/h1-2,8,11H,3-6H2,(H,12,13). The minimum absolute atomic E-state index is 0.0197. The largest absolute Gasteiger partial charge is 0.475 e. The highest BCUT2D eigenvalue weighted by Crippen LogP contribution is 2.12. The van der Waals surface area contributed by atoms with Crippen molar-refractivity contribution in [2.75, 3.05) is 19.7 Å². The van der Waals surface area contributed by atoms with Crippen LogP contribution in [0.15, 0.2) is 16.5 Å². The predicted molar refractivity (Wildman–Crippen MR) is 52.0 cm³/mol. The molecule has 1 unspecified atom stereocenters. The van der Waals surface area contributed by atoms with Crippen LogP contribution in [0, 0.1) is 0 Å². The quantitative estimate of drug-likeness (QED) is 0.762. The summed E-state index contributed by atoms with van der Waals surface area (Å²) in [6.07, 6.45) is 0.687. The first-order chi connectivity index (χ1) is 7.25. The normalized spacial score (nSPS) is 21.5. The Hall–Kier alpha value is -1.33. The lowest BCUT2D eigenvalue weighted by Gasteiger charge is -2.22. The molecule has 1 aromatic heterocycles. The number of hydrogen-bond donors (Lipinski definition) is 2. The maximum atomic E-state index is 10.6. The van der Waals surface area contributed by atoms with Gasteiger partial charge in [-0.3, -0.25) is 0 Å². The summed E-state index contributed by atoms with van der Waals surface area (Å²) in [6, 6.07) is 3.15. The molecule has 5 nitrogen and oxygen atoms in total. The van der Waals surface area contributed by atoms with Crippen LogP contribution >= 0.6 is 0 Å². The zero-order chi connectivity index (χ0) is 10.7. The Balaban J connectivity index is 1.94. The lowest BCUT2D eigenvalue weighted by molar-refractivity contribution is 0.0258. The number of carbonyl (C=O) groups is 1. The SMILES string of the molecule is O=C(O)c1ccc(CC2CNCCO2)o1. The molecule has 1 aromatic rings. The highest BCUT2D eigenvalue weighted by molar-refractivity contribution is 5.84. The van der Waals surface area contributed by atoms with Gasteiger partial charge in [0.15, 0.2) is 0 Å². The van der Waals surface area contributed by atoms with Gasteiger partial charge in [-0.1, -0.05) is 0 Å². The van der Waals surface area contributed by atoms with Crippen molar-refractivity contribution >= 4 is 5.97 Å². The Labute approximate surface area is 87.0 Å². The third-order valence-electron chi connectivity index (χ3n) is 2.31. The first-order valence-corrected chi connectivity index (χ1v) is 4.90. The minimum Gasteiger partial charge on any atom is -0.475 e. The fourth-order valence-electron chi connectivity index (χ4n) is 1.58. The Morgan fingerprint density at radius 2 is 2.47 bits per heavy atom. The molecule has 0 aromatic carbocycles. The van der Waals surface area contributed by atoms with Crippen LogP contribution in [0.2, 0.25) is 0 Å². The van der Waals surface area contributed by atoms with Gasteiger partial charge in [-0.05, 0) is 12.1 Å². The Morgan fingerprint density at radius 1 is 1.60 bits per heavy atom. The van der Waals surface area contributed by atoms with Crippen LogP contribution < -0.4 is 5.32 Å². The molecule has 1 saturated heterocycles. The third-order valence-corrected chi connectivity index (χ3v) is 2.31. The van der Waals surface area contributed by atoms with Crippen molar-refractivity contribution < 1.29 is 19.1 Å². The molecule has 1 fully saturated rings. The molecule has 0 saturated carbocycles. The van der Waals surface area contributed by atoms with Crippen LogP contribution in [-0.4, -0.2) is 36.9 Å². The van der Waals surface area contributed by atoms with E-state index in [-0.39, 0.29) is 11.9 Å². The molecule has 1 atom stereocenters. The molecule has 2 heterocycles. The summed E-state index contributed by atoms with van der Waals surface area (Å²) in [5, 5.41) is 11.9. The van der Waals surface area contributed by atoms with Crippen molar-refractivity contribution in [2.24, 2.45) is 0 Å². The summed E-state index contributed by atoms with van der Waals surface area (Å²) >= 11 is 0. The monoisotopic (exact) mass is 211 g/mol. The second-order valence-electron chi connectivity index (χ2n) is 3.47. The molecule has 0 radical (unpaired) electrons. The van der Waals surface area contributed by atoms with Crippen molar-refractivity contribution in [1.82, 2.24) is 5.32 Å². The second-order valence-corrected chi connectivity index (χ2v) is 3.47. The fourth-order valence-corrected chi connectivity index (χ4v) is 1.58. The van der Waals surface area contributed by atoms with Gasteiger partial charge in [0.1, 0.15) is 5.76 Å². The first-order valence-electron chi connectivity index (χ1n) is 4.90. The van der Waals surface area contributed by atoms with Crippen LogP contribution in [0.25, 0.3) is 0 Å². The maximum absolute atomic E-state index is 10.6. The second kappa shape index (κ2) is 4.46. The summed E-state index contributed by atoms with van der Waals surface area (Å²) in [5.41, 5.74) is 0. The van der Waals surface area contributed by atoms with E-state index in [9.17, 15) is 4.79 Å². The topological polar surface area (TPSA) is 71.7 Å². The Bertz CT molecular complexity index is 341. The van der Waals surface area contributed by atoms with Gasteiger partial charge in [0.05, 0.1) is 12.7 Å². The third kappa shape index (κ3) is 2.57. The molecule has 0 amide bonds. The van der Waals surface area contributed by atoms with Gasteiger partial charge >= 0.3 is 5.97 Å². The van der Waals surface area contributed by atoms with Crippen LogP contribution in [0.4, 0.5) is 0 Å². The van der Waals surface area contributed by atoms with Crippen molar-refractivity contribution in [3.05, 3.63) is 23.7 Å². The molecule has 0 aliphatic carbocycles. The molecule has 0 bridgehead atoms. The summed E-state index contributed by atoms with van der Waals surface area (Å²) in [4.78, 5) is 10.6. The molecule has 15 heavy (non-hydrogen) atoms. The van der Waals surface area contributed by atoms with Gasteiger partial charge in [0.2, 0.25) is 5.76 Å². The predicted octanol–water partition coefficient (Wildman–Crippen LogP) is 0.509. The molecule has 0 spiro atoms. The first kappa shape index (κ1) is 10.2. The summed E-state index contributed by atoms with van der Waals surface area (Å²) < 4.78 is 10.6. The number of carboxylic acids is 1. The van der Waals surface area contributed by atoms with Crippen LogP contribution in [0.1, 0.15) is 16.3 Å². The average Bonchev–Trinajstić information content (AvgIpc) is 2.68. The van der Waals surface area contributed by atoms with E-state index in [1.165, 1.54) is 6.07 Å². The molecule has 2 N–H and O–H groups in total. The van der Waals surface area contributed by atoms with E-state index in [4.69, 9.17) is 14.3 Å². The number of ether oxygens (including phenoxy) is 1. The van der Waals surface area contributed by atoms with E-state index in [1.54, 1.807) is 6.07 Å². The number of hydrogen-bond acceptors (Lipinski definition) is 4. The minimum atomic E-state index is -1.04. The van der Waals surface area contributed by atoms with Gasteiger partial charge in [-0.15, -0.1) is 0 Å². The Kier molecular flexibility index (Phi) is 3.03. The number of furan rings is 1. The fraction of sp³-hybridized carbons (Fsp3) is 0.500. The van der Waals surface area contributed by atoms with Crippen molar-refractivity contribution in [3.63, 3.8) is 0 Å². The molecule has 82 valence electrons. The summed E-state index contributed by atoms with van der Waals surface area (Å²) in [7, 11) is 0. The van der Waals surface area contributed by atoms with E-state index >= 15 is 0 Å². The van der Waals surface area contributed by atoms with Gasteiger partial charge in [0.25, 0.3) is 0 Å². The molecule has 1 aliphatic rings. The molecule has 2 rings (SSSR count). The number of nitrogens with one attached hydrogen (secondary N) is 1. The number of carboxylic acid groups (broad SMARTS) is 1. The van der Waals surface area contributed by atoms with E-state index < -0.39 is 5.97 Å². The van der Waals surface area contributed by atoms with Gasteiger partial charge in [0, 0.05) is 19.5 Å². The van der Waals surface area contributed by atoms with Crippen LogP contribution in [0.5, 0.6) is 0 Å². The van der Waals surface area contributed by atoms with Gasteiger partial charge < -0.3 is 19.6 Å². The lowest BCUT2D eigenvalue weighted by Crippen LogP contribution is -2.39. The summed E-state index contributed by atoms with van der Waals surface area (Å²) in [5.74, 6) is -0.404. The van der Waals surface area contributed by atoms with Crippen molar-refractivity contribution in [3.8, 4) is 0 Å². The highest BCUT2D eigenvalue weighted by atomic mass is 16.5.